The van der Waals surface area contributed by atoms with Gasteiger partial charge in [0.15, 0.2) is 0 Å². The van der Waals surface area contributed by atoms with Crippen molar-refractivity contribution in [1.29, 1.82) is 0 Å². The molecule has 0 aliphatic rings. The van der Waals surface area contributed by atoms with Gasteiger partial charge in [-0.1, -0.05) is 31.5 Å². The van der Waals surface area contributed by atoms with Gasteiger partial charge >= 0.3 is 6.18 Å². The summed E-state index contributed by atoms with van der Waals surface area (Å²) in [7, 11) is -4.07. The van der Waals surface area contributed by atoms with E-state index in [2.05, 4.69) is 4.72 Å². The van der Waals surface area contributed by atoms with Gasteiger partial charge in [0.2, 0.25) is 0 Å². The van der Waals surface area contributed by atoms with Gasteiger partial charge in [0.25, 0.3) is 10.0 Å². The van der Waals surface area contributed by atoms with E-state index in [0.717, 1.165) is 36.6 Å². The van der Waals surface area contributed by atoms with E-state index in [-0.39, 0.29) is 0 Å². The molecule has 0 aromatic heterocycles. The highest BCUT2D eigenvalue weighted by Gasteiger charge is 2.31. The molecule has 23 heavy (non-hydrogen) atoms. The minimum atomic E-state index is -4.59. The van der Waals surface area contributed by atoms with Crippen LogP contribution in [0, 0.1) is 0 Å². The highest BCUT2D eigenvalue weighted by atomic mass is 32.2. The van der Waals surface area contributed by atoms with Crippen molar-refractivity contribution in [3.8, 4) is 0 Å². The molecular formula is C16H16F3NO2S. The highest BCUT2D eigenvalue weighted by molar-refractivity contribution is 7.92. The summed E-state index contributed by atoms with van der Waals surface area (Å²) in [5.74, 6) is 0. The molecule has 0 fully saturated rings. The Balaban J connectivity index is 2.25. The van der Waals surface area contributed by atoms with Crippen molar-refractivity contribution in [2.75, 3.05) is 4.72 Å². The van der Waals surface area contributed by atoms with Crippen LogP contribution in [-0.2, 0) is 22.6 Å². The van der Waals surface area contributed by atoms with Gasteiger partial charge < -0.3 is 0 Å². The number of aryl methyl sites for hydroxylation is 1. The summed E-state index contributed by atoms with van der Waals surface area (Å²) in [5, 5.41) is 0. The lowest BCUT2D eigenvalue weighted by molar-refractivity contribution is -0.137. The van der Waals surface area contributed by atoms with Crippen LogP contribution in [0.2, 0.25) is 0 Å². The lowest BCUT2D eigenvalue weighted by atomic mass is 10.1. The summed E-state index contributed by atoms with van der Waals surface area (Å²) >= 11 is 0. The molecular weight excluding hydrogens is 327 g/mol. The Labute approximate surface area is 133 Å². The van der Waals surface area contributed by atoms with Crippen LogP contribution < -0.4 is 4.72 Å². The summed E-state index contributed by atoms with van der Waals surface area (Å²) in [6, 6.07) is 10.4. The number of nitrogens with one attached hydrogen (secondary N) is 1. The Hall–Kier alpha value is -2.02. The Morgan fingerprint density at radius 1 is 1.04 bits per heavy atom. The van der Waals surface area contributed by atoms with Gasteiger partial charge in [0.1, 0.15) is 0 Å². The van der Waals surface area contributed by atoms with Gasteiger partial charge in [0.05, 0.1) is 10.5 Å². The molecule has 0 radical (unpaired) electrons. The highest BCUT2D eigenvalue weighted by Crippen LogP contribution is 2.30. The molecule has 0 amide bonds. The summed E-state index contributed by atoms with van der Waals surface area (Å²) in [4.78, 5) is -0.426. The van der Waals surface area contributed by atoms with E-state index in [9.17, 15) is 21.6 Å². The zero-order chi connectivity index (χ0) is 17.1. The number of rotatable bonds is 5. The van der Waals surface area contributed by atoms with Crippen LogP contribution >= 0.6 is 0 Å². The third kappa shape index (κ3) is 4.48. The van der Waals surface area contributed by atoms with Crippen LogP contribution in [0.15, 0.2) is 53.4 Å². The number of sulfonamides is 1. The van der Waals surface area contributed by atoms with Crippen molar-refractivity contribution in [1.82, 2.24) is 0 Å². The van der Waals surface area contributed by atoms with Gasteiger partial charge in [-0.15, -0.1) is 0 Å². The Morgan fingerprint density at radius 2 is 1.70 bits per heavy atom. The van der Waals surface area contributed by atoms with Crippen LogP contribution in [-0.4, -0.2) is 8.42 Å². The molecule has 0 aliphatic carbocycles. The third-order valence-corrected chi connectivity index (χ3v) is 4.60. The average Bonchev–Trinajstić information content (AvgIpc) is 2.49. The predicted molar refractivity (Wildman–Crippen MR) is 82.7 cm³/mol. The molecule has 0 bridgehead atoms. The van der Waals surface area contributed by atoms with Crippen molar-refractivity contribution >= 4 is 15.7 Å². The fraction of sp³-hybridized carbons (Fsp3) is 0.250. The Morgan fingerprint density at radius 3 is 2.26 bits per heavy atom. The van der Waals surface area contributed by atoms with Crippen LogP contribution in [0.5, 0.6) is 0 Å². The van der Waals surface area contributed by atoms with E-state index in [1.165, 1.54) is 0 Å². The monoisotopic (exact) mass is 343 g/mol. The van der Waals surface area contributed by atoms with Crippen LogP contribution in [0.3, 0.4) is 0 Å². The van der Waals surface area contributed by atoms with Gasteiger partial charge in [-0.05, 0) is 42.3 Å². The standard InChI is InChI=1S/C16H16F3NO2S/c1-2-4-12-7-9-14(10-8-12)20-23(21,22)15-6-3-5-13(11-15)16(17,18)19/h3,5-11,20H,2,4H2,1H3. The first kappa shape index (κ1) is 17.3. The van der Waals surface area contributed by atoms with Crippen LogP contribution in [0.1, 0.15) is 24.5 Å². The fourth-order valence-corrected chi connectivity index (χ4v) is 3.19. The Bertz CT molecular complexity index is 769. The molecule has 0 saturated carbocycles. The van der Waals surface area contributed by atoms with Gasteiger partial charge in [-0.2, -0.15) is 13.2 Å². The smallest absolute Gasteiger partial charge is 0.280 e. The summed E-state index contributed by atoms with van der Waals surface area (Å²) in [6.07, 6.45) is -2.75. The molecule has 7 heteroatoms. The maximum absolute atomic E-state index is 12.7. The fourth-order valence-electron chi connectivity index (χ4n) is 2.08. The second kappa shape index (κ2) is 6.62. The van der Waals surface area contributed by atoms with Gasteiger partial charge in [-0.25, -0.2) is 8.42 Å². The van der Waals surface area contributed by atoms with Gasteiger partial charge in [-0.3, -0.25) is 4.72 Å². The van der Waals surface area contributed by atoms with E-state index in [0.29, 0.717) is 11.8 Å². The summed E-state index contributed by atoms with van der Waals surface area (Å²) in [6.45, 7) is 2.03. The number of anilines is 1. The molecule has 0 aliphatic heterocycles. The van der Waals surface area contributed by atoms with Crippen molar-refractivity contribution in [3.63, 3.8) is 0 Å². The number of alkyl halides is 3. The number of halogens is 3. The number of hydrogen-bond acceptors (Lipinski definition) is 2. The average molecular weight is 343 g/mol. The molecule has 124 valence electrons. The van der Waals surface area contributed by atoms with E-state index in [1.807, 2.05) is 6.92 Å². The van der Waals surface area contributed by atoms with E-state index < -0.39 is 26.7 Å². The topological polar surface area (TPSA) is 46.2 Å². The second-order valence-electron chi connectivity index (χ2n) is 5.08. The molecule has 2 rings (SSSR count). The van der Waals surface area contributed by atoms with Crippen LogP contribution in [0.4, 0.5) is 18.9 Å². The first-order valence-corrected chi connectivity index (χ1v) is 8.50. The quantitative estimate of drug-likeness (QED) is 0.871. The number of benzene rings is 2. The maximum Gasteiger partial charge on any atom is 0.416 e. The normalized spacial score (nSPS) is 12.2. The van der Waals surface area contributed by atoms with Crippen molar-refractivity contribution in [2.24, 2.45) is 0 Å². The zero-order valence-corrected chi connectivity index (χ0v) is 13.2. The molecule has 2 aromatic rings. The first-order valence-electron chi connectivity index (χ1n) is 7.01. The molecule has 1 N–H and O–H groups in total. The van der Waals surface area contributed by atoms with E-state index in [4.69, 9.17) is 0 Å². The largest absolute Gasteiger partial charge is 0.416 e. The lowest BCUT2D eigenvalue weighted by Crippen LogP contribution is -2.14. The first-order chi connectivity index (χ1) is 10.7. The Kier molecular flexibility index (Phi) is 4.99. The predicted octanol–water partition coefficient (Wildman–Crippen LogP) is 4.46. The zero-order valence-electron chi connectivity index (χ0n) is 12.4. The molecule has 0 atom stereocenters. The summed E-state index contributed by atoms with van der Waals surface area (Å²) in [5.41, 5.74) is 0.371. The maximum atomic E-state index is 12.7. The minimum Gasteiger partial charge on any atom is -0.280 e. The van der Waals surface area contributed by atoms with Crippen molar-refractivity contribution in [2.45, 2.75) is 30.8 Å². The summed E-state index contributed by atoms with van der Waals surface area (Å²) < 4.78 is 64.8. The molecule has 2 aromatic carbocycles. The SMILES string of the molecule is CCCc1ccc(NS(=O)(=O)c2cccc(C(F)(F)F)c2)cc1. The molecule has 0 heterocycles. The molecule has 0 spiro atoms. The molecule has 3 nitrogen and oxygen atoms in total. The van der Waals surface area contributed by atoms with Crippen molar-refractivity contribution < 1.29 is 21.6 Å². The minimum absolute atomic E-state index is 0.308. The lowest BCUT2D eigenvalue weighted by Gasteiger charge is -2.11. The molecule has 0 unspecified atom stereocenters. The van der Waals surface area contributed by atoms with E-state index >= 15 is 0 Å². The molecule has 0 saturated heterocycles. The third-order valence-electron chi connectivity index (χ3n) is 3.22. The second-order valence-corrected chi connectivity index (χ2v) is 6.76. The van der Waals surface area contributed by atoms with E-state index in [1.54, 1.807) is 24.3 Å². The van der Waals surface area contributed by atoms with Crippen LogP contribution in [0.25, 0.3) is 0 Å². The van der Waals surface area contributed by atoms with Crippen molar-refractivity contribution in [3.05, 3.63) is 59.7 Å². The van der Waals surface area contributed by atoms with Gasteiger partial charge in [0, 0.05) is 5.69 Å². The number of hydrogen-bond donors (Lipinski definition) is 1.